The van der Waals surface area contributed by atoms with Crippen molar-refractivity contribution in [1.82, 2.24) is 0 Å². The topological polar surface area (TPSA) is 40.9 Å². The largest absolute Gasteiger partial charge is 0.299 e. The molecule has 0 spiro atoms. The van der Waals surface area contributed by atoms with E-state index in [0.717, 1.165) is 19.3 Å². The summed E-state index contributed by atoms with van der Waals surface area (Å²) in [6.45, 7) is 5.44. The van der Waals surface area contributed by atoms with Gasteiger partial charge in [0.2, 0.25) is 0 Å². The number of rotatable bonds is 7. The van der Waals surface area contributed by atoms with Gasteiger partial charge in [-0.2, -0.15) is 5.26 Å². The molecule has 0 rings (SSSR count). The Bertz CT molecular complexity index is 203. The smallest absolute Gasteiger partial charge is 0.139 e. The second-order valence-corrected chi connectivity index (χ2v) is 3.21. The van der Waals surface area contributed by atoms with Gasteiger partial charge in [0.1, 0.15) is 5.78 Å². The first-order valence-corrected chi connectivity index (χ1v) is 4.74. The summed E-state index contributed by atoms with van der Waals surface area (Å²) in [6, 6.07) is 2.09. The maximum absolute atomic E-state index is 11.3. The van der Waals surface area contributed by atoms with Crippen molar-refractivity contribution in [3.63, 3.8) is 0 Å². The van der Waals surface area contributed by atoms with Gasteiger partial charge >= 0.3 is 0 Å². The molecule has 0 saturated heterocycles. The van der Waals surface area contributed by atoms with Crippen molar-refractivity contribution >= 4 is 5.78 Å². The minimum absolute atomic E-state index is 0.0176. The summed E-state index contributed by atoms with van der Waals surface area (Å²) in [7, 11) is 0. The Morgan fingerprint density at radius 1 is 1.54 bits per heavy atom. The van der Waals surface area contributed by atoms with E-state index >= 15 is 0 Å². The Balaban J connectivity index is 3.38. The van der Waals surface area contributed by atoms with Gasteiger partial charge in [-0.05, 0) is 12.8 Å². The van der Waals surface area contributed by atoms with E-state index in [1.165, 1.54) is 0 Å². The molecular weight excluding hydrogens is 162 g/mol. The summed E-state index contributed by atoms with van der Waals surface area (Å²) in [5.74, 6) is 0.239. The number of hydrogen-bond acceptors (Lipinski definition) is 2. The molecule has 72 valence electrons. The Morgan fingerprint density at radius 3 is 2.77 bits per heavy atom. The zero-order chi connectivity index (χ0) is 10.1. The van der Waals surface area contributed by atoms with Crippen LogP contribution in [0.4, 0.5) is 0 Å². The molecule has 2 heteroatoms. The molecule has 0 radical (unpaired) electrons. The zero-order valence-electron chi connectivity index (χ0n) is 8.25. The van der Waals surface area contributed by atoms with Crippen molar-refractivity contribution in [1.29, 1.82) is 5.26 Å². The number of hydrogen-bond donors (Lipinski definition) is 0. The normalized spacial score (nSPS) is 11.7. The average Bonchev–Trinajstić information content (AvgIpc) is 2.16. The minimum Gasteiger partial charge on any atom is -0.299 e. The van der Waals surface area contributed by atoms with Crippen LogP contribution in [-0.2, 0) is 4.79 Å². The lowest BCUT2D eigenvalue weighted by molar-refractivity contribution is -0.121. The minimum atomic E-state index is -0.0176. The number of unbranched alkanes of at least 4 members (excludes halogenated alkanes) is 3. The zero-order valence-corrected chi connectivity index (χ0v) is 8.25. The number of ketones is 1. The first-order valence-electron chi connectivity index (χ1n) is 4.74. The number of carbonyl (C=O) groups is 1. The van der Waals surface area contributed by atoms with Crippen LogP contribution in [-0.4, -0.2) is 5.78 Å². The van der Waals surface area contributed by atoms with Crippen molar-refractivity contribution in [3.05, 3.63) is 12.7 Å². The molecule has 0 saturated carbocycles. The van der Waals surface area contributed by atoms with Crippen LogP contribution in [0.5, 0.6) is 0 Å². The van der Waals surface area contributed by atoms with Crippen molar-refractivity contribution in [3.8, 4) is 6.07 Å². The van der Waals surface area contributed by atoms with Gasteiger partial charge in [0.25, 0.3) is 0 Å². The van der Waals surface area contributed by atoms with E-state index in [0.29, 0.717) is 12.8 Å². The Hall–Kier alpha value is -1.10. The molecule has 0 bridgehead atoms. The molecule has 0 aromatic heterocycles. The summed E-state index contributed by atoms with van der Waals surface area (Å²) in [5, 5.41) is 8.27. The van der Waals surface area contributed by atoms with Crippen LogP contribution in [0.1, 0.15) is 39.0 Å². The fourth-order valence-corrected chi connectivity index (χ4v) is 1.04. The van der Waals surface area contributed by atoms with Gasteiger partial charge in [-0.1, -0.05) is 19.4 Å². The highest BCUT2D eigenvalue weighted by molar-refractivity contribution is 5.82. The van der Waals surface area contributed by atoms with E-state index in [-0.39, 0.29) is 11.7 Å². The molecule has 1 atom stereocenters. The lowest BCUT2D eigenvalue weighted by atomic mass is 10.0. The van der Waals surface area contributed by atoms with E-state index in [9.17, 15) is 4.79 Å². The number of carbonyl (C=O) groups excluding carboxylic acids is 1. The number of nitrogens with zero attached hydrogens (tertiary/aromatic N) is 1. The van der Waals surface area contributed by atoms with Gasteiger partial charge in [-0.3, -0.25) is 4.79 Å². The molecule has 0 amide bonds. The maximum Gasteiger partial charge on any atom is 0.139 e. The SMILES string of the molecule is C=CC(C)C(=O)CCCCCC#N. The van der Waals surface area contributed by atoms with Crippen LogP contribution >= 0.6 is 0 Å². The van der Waals surface area contributed by atoms with Crippen LogP contribution < -0.4 is 0 Å². The molecule has 0 N–H and O–H groups in total. The fourth-order valence-electron chi connectivity index (χ4n) is 1.04. The van der Waals surface area contributed by atoms with E-state index in [1.54, 1.807) is 6.08 Å². The standard InChI is InChI=1S/C11H17NO/c1-3-10(2)11(13)8-6-4-5-7-9-12/h3,10H,1,4-8H2,2H3. The molecular formula is C11H17NO. The van der Waals surface area contributed by atoms with Crippen LogP contribution in [0.15, 0.2) is 12.7 Å². The van der Waals surface area contributed by atoms with Gasteiger partial charge in [-0.25, -0.2) is 0 Å². The number of nitriles is 1. The molecule has 0 aliphatic carbocycles. The van der Waals surface area contributed by atoms with Gasteiger partial charge in [0.15, 0.2) is 0 Å². The molecule has 0 aromatic rings. The highest BCUT2D eigenvalue weighted by Gasteiger charge is 2.07. The maximum atomic E-state index is 11.3. The number of Topliss-reactive ketones (excluding diaryl/α,β-unsaturated/α-hetero) is 1. The molecule has 0 aliphatic rings. The van der Waals surface area contributed by atoms with E-state index in [2.05, 4.69) is 12.6 Å². The monoisotopic (exact) mass is 179 g/mol. The van der Waals surface area contributed by atoms with Crippen molar-refractivity contribution in [2.45, 2.75) is 39.0 Å². The summed E-state index contributed by atoms with van der Waals surface area (Å²) < 4.78 is 0. The van der Waals surface area contributed by atoms with Crippen molar-refractivity contribution < 1.29 is 4.79 Å². The van der Waals surface area contributed by atoms with Gasteiger partial charge in [0, 0.05) is 18.8 Å². The third-order valence-corrected chi connectivity index (χ3v) is 2.07. The van der Waals surface area contributed by atoms with Crippen LogP contribution in [0.3, 0.4) is 0 Å². The van der Waals surface area contributed by atoms with Crippen molar-refractivity contribution in [2.24, 2.45) is 5.92 Å². The van der Waals surface area contributed by atoms with Crippen LogP contribution in [0.2, 0.25) is 0 Å². The summed E-state index contributed by atoms with van der Waals surface area (Å²) >= 11 is 0. The van der Waals surface area contributed by atoms with E-state index in [1.807, 2.05) is 6.92 Å². The van der Waals surface area contributed by atoms with E-state index in [4.69, 9.17) is 5.26 Å². The predicted molar refractivity (Wildman–Crippen MR) is 53.1 cm³/mol. The molecule has 13 heavy (non-hydrogen) atoms. The van der Waals surface area contributed by atoms with E-state index < -0.39 is 0 Å². The van der Waals surface area contributed by atoms with Gasteiger partial charge in [0.05, 0.1) is 6.07 Å². The molecule has 1 unspecified atom stereocenters. The molecule has 0 aliphatic heterocycles. The number of allylic oxidation sites excluding steroid dienone is 1. The van der Waals surface area contributed by atoms with Gasteiger partial charge in [-0.15, -0.1) is 6.58 Å². The molecule has 0 aromatic carbocycles. The first kappa shape index (κ1) is 11.9. The molecule has 2 nitrogen and oxygen atoms in total. The quantitative estimate of drug-likeness (QED) is 0.445. The highest BCUT2D eigenvalue weighted by Crippen LogP contribution is 2.08. The molecule has 0 fully saturated rings. The summed E-state index contributed by atoms with van der Waals surface area (Å²) in [4.78, 5) is 11.3. The highest BCUT2D eigenvalue weighted by atomic mass is 16.1. The predicted octanol–water partition coefficient (Wildman–Crippen LogP) is 2.85. The lowest BCUT2D eigenvalue weighted by Crippen LogP contribution is -2.07. The Labute approximate surface area is 80.3 Å². The second-order valence-electron chi connectivity index (χ2n) is 3.21. The third kappa shape index (κ3) is 6.10. The fraction of sp³-hybridized carbons (Fsp3) is 0.636. The third-order valence-electron chi connectivity index (χ3n) is 2.07. The van der Waals surface area contributed by atoms with Gasteiger partial charge < -0.3 is 0 Å². The van der Waals surface area contributed by atoms with Crippen molar-refractivity contribution in [2.75, 3.05) is 0 Å². The molecule has 0 heterocycles. The lowest BCUT2D eigenvalue weighted by Gasteiger charge is -2.03. The Morgan fingerprint density at radius 2 is 2.23 bits per heavy atom. The Kier molecular flexibility index (Phi) is 6.91. The van der Waals surface area contributed by atoms with Crippen LogP contribution in [0, 0.1) is 17.2 Å². The first-order chi connectivity index (χ1) is 6.22. The summed E-state index contributed by atoms with van der Waals surface area (Å²) in [5.41, 5.74) is 0. The average molecular weight is 179 g/mol. The van der Waals surface area contributed by atoms with Crippen LogP contribution in [0.25, 0.3) is 0 Å². The summed E-state index contributed by atoms with van der Waals surface area (Å²) in [6.07, 6.45) is 5.69. The second kappa shape index (κ2) is 7.54.